The second-order valence-electron chi connectivity index (χ2n) is 8.45. The van der Waals surface area contributed by atoms with Gasteiger partial charge in [-0.25, -0.2) is 0 Å². The molecule has 0 atom stereocenters. The van der Waals surface area contributed by atoms with Gasteiger partial charge in [-0.2, -0.15) is 26.3 Å². The van der Waals surface area contributed by atoms with Gasteiger partial charge in [0, 0.05) is 24.7 Å². The minimum absolute atomic E-state index is 0.00980. The van der Waals surface area contributed by atoms with Crippen molar-refractivity contribution in [3.8, 4) is 0 Å². The number of alkyl halides is 6. The summed E-state index contributed by atoms with van der Waals surface area (Å²) in [5.41, 5.74) is -2.84. The van der Waals surface area contributed by atoms with Gasteiger partial charge in [0.2, 0.25) is 0 Å². The van der Waals surface area contributed by atoms with Gasteiger partial charge in [0.05, 0.1) is 16.8 Å². The summed E-state index contributed by atoms with van der Waals surface area (Å²) in [4.78, 5) is 12.3. The molecule has 0 bridgehead atoms. The van der Waals surface area contributed by atoms with Gasteiger partial charge in [-0.1, -0.05) is 5.16 Å². The van der Waals surface area contributed by atoms with E-state index in [1.54, 1.807) is 0 Å². The van der Waals surface area contributed by atoms with Crippen LogP contribution in [0.2, 0.25) is 0 Å². The molecule has 5 nitrogen and oxygen atoms in total. The molecule has 3 rings (SSSR count). The fraction of sp³-hybridized carbons (Fsp3) is 0.545. The minimum atomic E-state index is -4.99. The highest BCUT2D eigenvalue weighted by atomic mass is 19.4. The Morgan fingerprint density at radius 2 is 1.48 bits per heavy atom. The number of halogens is 6. The molecule has 1 aliphatic rings. The van der Waals surface area contributed by atoms with E-state index in [9.17, 15) is 31.1 Å². The summed E-state index contributed by atoms with van der Waals surface area (Å²) in [5, 5.41) is 9.74. The summed E-state index contributed by atoms with van der Waals surface area (Å²) in [5.74, 6) is 0.367. The number of hydrogen-bond donors (Lipinski definition) is 2. The van der Waals surface area contributed by atoms with Crippen LogP contribution in [0.3, 0.4) is 0 Å². The summed E-state index contributed by atoms with van der Waals surface area (Å²) in [7, 11) is 0. The van der Waals surface area contributed by atoms with Gasteiger partial charge in [-0.15, -0.1) is 0 Å². The number of benzene rings is 1. The Hall–Kier alpha value is -2.56. The molecule has 11 heteroatoms. The zero-order valence-electron chi connectivity index (χ0n) is 17.9. The maximum absolute atomic E-state index is 13.0. The zero-order valence-corrected chi connectivity index (χ0v) is 17.9. The van der Waals surface area contributed by atoms with Gasteiger partial charge in [-0.05, 0) is 69.2 Å². The maximum Gasteiger partial charge on any atom is 0.416 e. The molecule has 0 saturated heterocycles. The largest absolute Gasteiger partial charge is 0.416 e. The molecule has 1 aromatic heterocycles. The zero-order chi connectivity index (χ0) is 24.2. The van der Waals surface area contributed by atoms with E-state index >= 15 is 0 Å². The number of amides is 1. The van der Waals surface area contributed by atoms with Crippen LogP contribution in [0, 0.1) is 18.8 Å². The number of aromatic nitrogens is 1. The highest BCUT2D eigenvalue weighted by molar-refractivity contribution is 5.94. The van der Waals surface area contributed by atoms with Crippen LogP contribution in [0.4, 0.5) is 26.3 Å². The molecule has 2 aromatic rings. The van der Waals surface area contributed by atoms with Crippen molar-refractivity contribution in [2.75, 3.05) is 13.1 Å². The molecular weight excluding hydrogens is 452 g/mol. The minimum Gasteiger partial charge on any atom is -0.361 e. The van der Waals surface area contributed by atoms with Crippen molar-refractivity contribution < 1.29 is 35.7 Å². The van der Waals surface area contributed by atoms with Crippen molar-refractivity contribution in [2.45, 2.75) is 51.5 Å². The average molecular weight is 477 g/mol. The number of carbonyl (C=O) groups is 1. The lowest BCUT2D eigenvalue weighted by Gasteiger charge is -2.28. The fourth-order valence-electron chi connectivity index (χ4n) is 3.97. The van der Waals surface area contributed by atoms with Gasteiger partial charge in [0.25, 0.3) is 5.91 Å². The third-order valence-electron chi connectivity index (χ3n) is 5.78. The van der Waals surface area contributed by atoms with E-state index in [1.165, 1.54) is 0 Å². The Morgan fingerprint density at radius 1 is 0.939 bits per heavy atom. The topological polar surface area (TPSA) is 67.2 Å². The lowest BCUT2D eigenvalue weighted by atomic mass is 9.82. The molecule has 0 unspecified atom stereocenters. The fourth-order valence-corrected chi connectivity index (χ4v) is 3.97. The van der Waals surface area contributed by atoms with Crippen LogP contribution in [-0.4, -0.2) is 24.2 Å². The van der Waals surface area contributed by atoms with Gasteiger partial charge in [-0.3, -0.25) is 4.79 Å². The Labute approximate surface area is 186 Å². The standard InChI is InChI=1S/C22H25F6N3O2/c1-13-6-19(31-33-13)12-29-10-14-2-4-15(5-3-14)11-30-20(32)16-7-17(21(23,24)25)9-18(8-16)22(26,27)28/h6-9,14-15,29H,2-5,10-12H2,1H3,(H,30,32)/t14-,15-. The quantitative estimate of drug-likeness (QED) is 0.528. The summed E-state index contributed by atoms with van der Waals surface area (Å²) >= 11 is 0. The van der Waals surface area contributed by atoms with Crippen LogP contribution in [0.25, 0.3) is 0 Å². The Balaban J connectivity index is 1.48. The lowest BCUT2D eigenvalue weighted by molar-refractivity contribution is -0.143. The third-order valence-corrected chi connectivity index (χ3v) is 5.78. The average Bonchev–Trinajstić information content (AvgIpc) is 3.16. The number of nitrogens with one attached hydrogen (secondary N) is 2. The highest BCUT2D eigenvalue weighted by Gasteiger charge is 2.37. The van der Waals surface area contributed by atoms with Crippen molar-refractivity contribution in [3.05, 3.63) is 52.4 Å². The second kappa shape index (κ2) is 10.1. The van der Waals surface area contributed by atoms with Crippen LogP contribution >= 0.6 is 0 Å². The van der Waals surface area contributed by atoms with E-state index in [0.29, 0.717) is 24.6 Å². The molecule has 1 saturated carbocycles. The summed E-state index contributed by atoms with van der Waals surface area (Å²) in [6.07, 6.45) is -6.54. The van der Waals surface area contributed by atoms with E-state index in [-0.39, 0.29) is 18.5 Å². The number of aryl methyl sites for hydroxylation is 1. The molecule has 33 heavy (non-hydrogen) atoms. The smallest absolute Gasteiger partial charge is 0.361 e. The first-order valence-corrected chi connectivity index (χ1v) is 10.6. The number of hydrogen-bond acceptors (Lipinski definition) is 4. The third kappa shape index (κ3) is 7.21. The van der Waals surface area contributed by atoms with E-state index in [4.69, 9.17) is 4.52 Å². The first kappa shape index (κ1) is 25.1. The van der Waals surface area contributed by atoms with Crippen molar-refractivity contribution in [3.63, 3.8) is 0 Å². The predicted octanol–water partition coefficient (Wildman–Crippen LogP) is 5.35. The van der Waals surface area contributed by atoms with E-state index in [1.807, 2.05) is 13.0 Å². The lowest BCUT2D eigenvalue weighted by Crippen LogP contribution is -2.33. The van der Waals surface area contributed by atoms with Crippen LogP contribution < -0.4 is 10.6 Å². The van der Waals surface area contributed by atoms with E-state index in [2.05, 4.69) is 15.8 Å². The molecule has 0 aliphatic heterocycles. The SMILES string of the molecule is Cc1cc(CNC[C@H]2CC[C@H](CNC(=O)c3cc(C(F)(F)F)cc(C(F)(F)F)c3)CC2)no1. The van der Waals surface area contributed by atoms with Gasteiger partial charge < -0.3 is 15.2 Å². The first-order valence-electron chi connectivity index (χ1n) is 10.6. The molecule has 1 amide bonds. The molecule has 1 aromatic carbocycles. The second-order valence-corrected chi connectivity index (χ2v) is 8.45. The molecule has 1 fully saturated rings. The molecule has 0 spiro atoms. The summed E-state index contributed by atoms with van der Waals surface area (Å²) in [6, 6.07) is 2.76. The van der Waals surface area contributed by atoms with Gasteiger partial charge in [0.1, 0.15) is 5.76 Å². The molecular formula is C22H25F6N3O2. The highest BCUT2D eigenvalue weighted by Crippen LogP contribution is 2.36. The molecule has 182 valence electrons. The Morgan fingerprint density at radius 3 is 1.97 bits per heavy atom. The predicted molar refractivity (Wildman–Crippen MR) is 107 cm³/mol. The van der Waals surface area contributed by atoms with Crippen molar-refractivity contribution in [1.29, 1.82) is 0 Å². The molecule has 1 aliphatic carbocycles. The molecule has 2 N–H and O–H groups in total. The first-order chi connectivity index (χ1) is 15.4. The van der Waals surface area contributed by atoms with Gasteiger partial charge >= 0.3 is 12.4 Å². The van der Waals surface area contributed by atoms with Crippen LogP contribution in [0.5, 0.6) is 0 Å². The summed E-state index contributed by atoms with van der Waals surface area (Å²) < 4.78 is 82.9. The molecule has 1 heterocycles. The van der Waals surface area contributed by atoms with Crippen molar-refractivity contribution in [1.82, 2.24) is 15.8 Å². The summed E-state index contributed by atoms with van der Waals surface area (Å²) in [6.45, 7) is 3.42. The van der Waals surface area contributed by atoms with Crippen LogP contribution in [0.15, 0.2) is 28.8 Å². The van der Waals surface area contributed by atoms with Crippen molar-refractivity contribution >= 4 is 5.91 Å². The number of carbonyl (C=O) groups excluding carboxylic acids is 1. The van der Waals surface area contributed by atoms with Crippen LogP contribution in [0.1, 0.15) is 58.6 Å². The Kier molecular flexibility index (Phi) is 7.71. The van der Waals surface area contributed by atoms with E-state index < -0.39 is 35.0 Å². The maximum atomic E-state index is 13.0. The normalized spacial score (nSPS) is 19.5. The number of rotatable bonds is 7. The van der Waals surface area contributed by atoms with Gasteiger partial charge in [0.15, 0.2) is 0 Å². The molecule has 0 radical (unpaired) electrons. The van der Waals surface area contributed by atoms with Crippen LogP contribution in [-0.2, 0) is 18.9 Å². The number of nitrogens with zero attached hydrogens (tertiary/aromatic N) is 1. The van der Waals surface area contributed by atoms with E-state index in [0.717, 1.165) is 43.7 Å². The Bertz CT molecular complexity index is 914. The van der Waals surface area contributed by atoms with Crippen molar-refractivity contribution in [2.24, 2.45) is 11.8 Å². The monoisotopic (exact) mass is 477 g/mol.